The van der Waals surface area contributed by atoms with E-state index in [1.807, 2.05) is 41.4 Å². The minimum atomic E-state index is 0.107. The van der Waals surface area contributed by atoms with Crippen LogP contribution in [-0.2, 0) is 6.54 Å². The van der Waals surface area contributed by atoms with Crippen molar-refractivity contribution in [2.24, 2.45) is 5.92 Å². The van der Waals surface area contributed by atoms with Crippen molar-refractivity contribution in [2.45, 2.75) is 18.9 Å². The number of nitrogens with zero attached hydrogens (tertiary/aromatic N) is 3. The van der Waals surface area contributed by atoms with Crippen molar-refractivity contribution in [1.29, 1.82) is 0 Å². The van der Waals surface area contributed by atoms with Gasteiger partial charge in [0.1, 0.15) is 6.26 Å². The van der Waals surface area contributed by atoms with Crippen LogP contribution in [0, 0.1) is 5.92 Å². The molecule has 5 heteroatoms. The Balaban J connectivity index is 1.36. The van der Waals surface area contributed by atoms with Gasteiger partial charge in [-0.25, -0.2) is 4.98 Å². The molecule has 2 aliphatic rings. The van der Waals surface area contributed by atoms with Crippen molar-refractivity contribution in [3.05, 3.63) is 71.9 Å². The predicted molar refractivity (Wildman–Crippen MR) is 91.8 cm³/mol. The predicted octanol–water partition coefficient (Wildman–Crippen LogP) is 3.50. The fourth-order valence-corrected chi connectivity index (χ4v) is 3.78. The van der Waals surface area contributed by atoms with Crippen molar-refractivity contribution >= 4 is 5.91 Å². The Hall–Kier alpha value is -2.95. The molecule has 5 rings (SSSR count). The molecule has 1 fully saturated rings. The SMILES string of the molecule is O=C1c2cccc(-c3ncco3)c2CN1CC1C[C@@H]1c1ccccn1. The summed E-state index contributed by atoms with van der Waals surface area (Å²) in [5, 5.41) is 0. The normalized spacial score (nSPS) is 21.4. The summed E-state index contributed by atoms with van der Waals surface area (Å²) in [7, 11) is 0. The first kappa shape index (κ1) is 14.4. The minimum Gasteiger partial charge on any atom is -0.445 e. The second kappa shape index (κ2) is 5.55. The van der Waals surface area contributed by atoms with Crippen LogP contribution in [0.4, 0.5) is 0 Å². The number of hydrogen-bond acceptors (Lipinski definition) is 4. The first-order valence-electron chi connectivity index (χ1n) is 8.53. The Bertz CT molecular complexity index is 921. The van der Waals surface area contributed by atoms with Crippen LogP contribution in [0.2, 0.25) is 0 Å². The Morgan fingerprint density at radius 3 is 2.80 bits per heavy atom. The maximum atomic E-state index is 12.8. The van der Waals surface area contributed by atoms with Crippen molar-refractivity contribution in [3.63, 3.8) is 0 Å². The summed E-state index contributed by atoms with van der Waals surface area (Å²) in [5.74, 6) is 1.65. The molecule has 0 N–H and O–H groups in total. The molecular weight excluding hydrogens is 314 g/mol. The number of fused-ring (bicyclic) bond motifs is 1. The maximum absolute atomic E-state index is 12.8. The molecule has 1 unspecified atom stereocenters. The van der Waals surface area contributed by atoms with Gasteiger partial charge in [-0.15, -0.1) is 0 Å². The van der Waals surface area contributed by atoms with Crippen molar-refractivity contribution < 1.29 is 9.21 Å². The summed E-state index contributed by atoms with van der Waals surface area (Å²) in [6, 6.07) is 11.8. The fraction of sp³-hybridized carbons (Fsp3) is 0.250. The lowest BCUT2D eigenvalue weighted by molar-refractivity contribution is 0.0770. The Labute approximate surface area is 145 Å². The molecular formula is C20H17N3O2. The van der Waals surface area contributed by atoms with E-state index in [0.29, 0.717) is 24.3 Å². The van der Waals surface area contributed by atoms with Gasteiger partial charge in [0.15, 0.2) is 0 Å². The maximum Gasteiger partial charge on any atom is 0.254 e. The number of carbonyl (C=O) groups excluding carboxylic acids is 1. The van der Waals surface area contributed by atoms with Crippen molar-refractivity contribution in [3.8, 4) is 11.5 Å². The van der Waals surface area contributed by atoms with Gasteiger partial charge in [-0.2, -0.15) is 0 Å². The van der Waals surface area contributed by atoms with E-state index in [0.717, 1.165) is 35.3 Å². The highest BCUT2D eigenvalue weighted by atomic mass is 16.3. The number of amides is 1. The summed E-state index contributed by atoms with van der Waals surface area (Å²) >= 11 is 0. The summed E-state index contributed by atoms with van der Waals surface area (Å²) in [4.78, 5) is 23.4. The number of rotatable bonds is 4. The van der Waals surface area contributed by atoms with Gasteiger partial charge in [0, 0.05) is 42.0 Å². The molecule has 0 radical (unpaired) electrons. The summed E-state index contributed by atoms with van der Waals surface area (Å²) in [6.07, 6.45) is 6.13. The second-order valence-electron chi connectivity index (χ2n) is 6.71. The molecule has 0 spiro atoms. The monoisotopic (exact) mass is 331 g/mol. The van der Waals surface area contributed by atoms with E-state index in [-0.39, 0.29) is 5.91 Å². The lowest BCUT2D eigenvalue weighted by atomic mass is 10.0. The van der Waals surface area contributed by atoms with Crippen LogP contribution in [0.25, 0.3) is 11.5 Å². The lowest BCUT2D eigenvalue weighted by Crippen LogP contribution is -2.26. The van der Waals surface area contributed by atoms with Gasteiger partial charge >= 0.3 is 0 Å². The zero-order valence-corrected chi connectivity index (χ0v) is 13.6. The van der Waals surface area contributed by atoms with Crippen LogP contribution < -0.4 is 0 Å². The van der Waals surface area contributed by atoms with Crippen molar-refractivity contribution in [1.82, 2.24) is 14.9 Å². The number of benzene rings is 1. The Morgan fingerprint density at radius 2 is 2.00 bits per heavy atom. The molecule has 2 atom stereocenters. The molecule has 0 saturated heterocycles. The first-order valence-corrected chi connectivity index (χ1v) is 8.53. The number of pyridine rings is 1. The zero-order valence-electron chi connectivity index (χ0n) is 13.6. The Morgan fingerprint density at radius 1 is 1.08 bits per heavy atom. The smallest absolute Gasteiger partial charge is 0.254 e. The number of carbonyl (C=O) groups is 1. The van der Waals surface area contributed by atoms with E-state index in [2.05, 4.69) is 16.0 Å². The molecule has 3 heterocycles. The van der Waals surface area contributed by atoms with E-state index in [1.54, 1.807) is 12.5 Å². The molecule has 0 bridgehead atoms. The first-order chi connectivity index (χ1) is 12.3. The van der Waals surface area contributed by atoms with E-state index in [4.69, 9.17) is 4.42 Å². The standard InChI is InChI=1S/C20H17N3O2/c24-20-15-5-3-4-14(19-22-8-9-25-19)17(15)12-23(20)11-13-10-16(13)18-6-1-2-7-21-18/h1-9,13,16H,10-12H2/t13?,16-/m0/s1. The second-order valence-corrected chi connectivity index (χ2v) is 6.71. The van der Waals surface area contributed by atoms with Crippen LogP contribution in [0.1, 0.15) is 34.0 Å². The van der Waals surface area contributed by atoms with Gasteiger partial charge in [-0.1, -0.05) is 12.1 Å². The van der Waals surface area contributed by atoms with Gasteiger partial charge in [-0.3, -0.25) is 9.78 Å². The quantitative estimate of drug-likeness (QED) is 0.734. The zero-order chi connectivity index (χ0) is 16.8. The van der Waals surface area contributed by atoms with Gasteiger partial charge in [0.2, 0.25) is 5.89 Å². The highest BCUT2D eigenvalue weighted by molar-refractivity contribution is 6.00. The topological polar surface area (TPSA) is 59.2 Å². The number of hydrogen-bond donors (Lipinski definition) is 0. The number of oxazole rings is 1. The highest BCUT2D eigenvalue weighted by Crippen LogP contribution is 2.47. The van der Waals surface area contributed by atoms with E-state index in [9.17, 15) is 4.79 Å². The summed E-state index contributed by atoms with van der Waals surface area (Å²) in [5.41, 5.74) is 3.84. The fourth-order valence-electron chi connectivity index (χ4n) is 3.78. The van der Waals surface area contributed by atoms with Crippen LogP contribution in [0.3, 0.4) is 0 Å². The van der Waals surface area contributed by atoms with Crippen LogP contribution in [0.15, 0.2) is 59.5 Å². The largest absolute Gasteiger partial charge is 0.445 e. The highest BCUT2D eigenvalue weighted by Gasteiger charge is 2.42. The molecule has 1 aliphatic heterocycles. The minimum absolute atomic E-state index is 0.107. The van der Waals surface area contributed by atoms with E-state index in [1.165, 1.54) is 0 Å². The summed E-state index contributed by atoms with van der Waals surface area (Å²) in [6.45, 7) is 1.40. The Kier molecular flexibility index (Phi) is 3.20. The molecule has 2 aromatic heterocycles. The van der Waals surface area contributed by atoms with Gasteiger partial charge in [0.25, 0.3) is 5.91 Å². The average Bonchev–Trinajstić information content (AvgIpc) is 3.06. The van der Waals surface area contributed by atoms with Crippen molar-refractivity contribution in [2.75, 3.05) is 6.54 Å². The number of aromatic nitrogens is 2. The molecule has 1 saturated carbocycles. The molecule has 1 aromatic carbocycles. The van der Waals surface area contributed by atoms with Gasteiger partial charge in [-0.05, 0) is 42.2 Å². The molecule has 3 aromatic rings. The van der Waals surface area contributed by atoms with Crippen LogP contribution >= 0.6 is 0 Å². The third kappa shape index (κ3) is 2.43. The molecule has 124 valence electrons. The third-order valence-corrected chi connectivity index (χ3v) is 5.15. The van der Waals surface area contributed by atoms with E-state index < -0.39 is 0 Å². The van der Waals surface area contributed by atoms with Crippen LogP contribution in [0.5, 0.6) is 0 Å². The van der Waals surface area contributed by atoms with Gasteiger partial charge < -0.3 is 9.32 Å². The van der Waals surface area contributed by atoms with Crippen LogP contribution in [-0.4, -0.2) is 27.3 Å². The third-order valence-electron chi connectivity index (χ3n) is 5.15. The molecule has 1 amide bonds. The lowest BCUT2D eigenvalue weighted by Gasteiger charge is -2.15. The molecule has 5 nitrogen and oxygen atoms in total. The van der Waals surface area contributed by atoms with E-state index >= 15 is 0 Å². The van der Waals surface area contributed by atoms with Gasteiger partial charge in [0.05, 0.1) is 6.20 Å². The average molecular weight is 331 g/mol. The molecule has 1 aliphatic carbocycles. The molecule has 25 heavy (non-hydrogen) atoms. The summed E-state index contributed by atoms with van der Waals surface area (Å²) < 4.78 is 5.43.